The lowest BCUT2D eigenvalue weighted by atomic mass is 9.83. The third-order valence-electron chi connectivity index (χ3n) is 7.34. The van der Waals surface area contributed by atoms with E-state index in [-0.39, 0.29) is 45.4 Å². The lowest BCUT2D eigenvalue weighted by Gasteiger charge is -2.57. The number of aromatic hydroxyl groups is 1. The van der Waals surface area contributed by atoms with Crippen LogP contribution in [0.1, 0.15) is 100 Å². The van der Waals surface area contributed by atoms with Crippen LogP contribution >= 0.6 is 0 Å². The normalized spacial score (nSPS) is 13.8. The van der Waals surface area contributed by atoms with E-state index >= 15 is 0 Å². The van der Waals surface area contributed by atoms with Gasteiger partial charge in [0, 0.05) is 72.5 Å². The lowest BCUT2D eigenvalue weighted by Crippen LogP contribution is -2.76. The molecular formula is C35H64O11. The molecule has 1 rings (SSSR count). The maximum atomic E-state index is 11.3. The Hall–Kier alpha value is -1.38. The molecule has 0 amide bonds. The largest absolute Gasteiger partial charge is 0.507 e. The third kappa shape index (κ3) is 9.84. The van der Waals surface area contributed by atoms with E-state index < -0.39 is 29.4 Å². The molecule has 0 saturated heterocycles. The van der Waals surface area contributed by atoms with E-state index in [1.807, 2.05) is 69.2 Å². The number of hydrogen-bond acceptors (Lipinski definition) is 11. The molecule has 11 nitrogen and oxygen atoms in total. The van der Waals surface area contributed by atoms with Gasteiger partial charge in [0.25, 0.3) is 23.3 Å². The molecule has 46 heavy (non-hydrogen) atoms. The predicted octanol–water partition coefficient (Wildman–Crippen LogP) is 6.89. The van der Waals surface area contributed by atoms with Crippen molar-refractivity contribution in [3.05, 3.63) is 29.8 Å². The van der Waals surface area contributed by atoms with Gasteiger partial charge in [0.2, 0.25) is 0 Å². The fourth-order valence-corrected chi connectivity index (χ4v) is 6.11. The summed E-state index contributed by atoms with van der Waals surface area (Å²) in [4.78, 5) is 0. The molecule has 0 bridgehead atoms. The summed E-state index contributed by atoms with van der Waals surface area (Å²) in [6.07, 6.45) is 1.62. The van der Waals surface area contributed by atoms with Gasteiger partial charge in [-0.1, -0.05) is 18.6 Å². The summed E-state index contributed by atoms with van der Waals surface area (Å²) in [5.74, 6) is -6.68. The molecule has 11 heteroatoms. The van der Waals surface area contributed by atoms with Crippen LogP contribution in [-0.2, 0) is 53.2 Å². The first kappa shape index (κ1) is 42.6. The van der Waals surface area contributed by atoms with Gasteiger partial charge in [-0.15, -0.1) is 0 Å². The summed E-state index contributed by atoms with van der Waals surface area (Å²) in [7, 11) is 0. The molecule has 1 aromatic rings. The van der Waals surface area contributed by atoms with Gasteiger partial charge in [-0.3, -0.25) is 0 Å². The second-order valence-electron chi connectivity index (χ2n) is 10.2. The molecule has 0 aliphatic heterocycles. The van der Waals surface area contributed by atoms with Crippen LogP contribution < -0.4 is 0 Å². The topological polar surface area (TPSA) is 113 Å². The fourth-order valence-electron chi connectivity index (χ4n) is 6.11. The van der Waals surface area contributed by atoms with Crippen LogP contribution in [-0.4, -0.2) is 94.8 Å². The van der Waals surface area contributed by atoms with E-state index in [0.717, 1.165) is 0 Å². The maximum absolute atomic E-state index is 11.3. The van der Waals surface area contributed by atoms with Crippen molar-refractivity contribution >= 4 is 0 Å². The second-order valence-corrected chi connectivity index (χ2v) is 10.2. The van der Waals surface area contributed by atoms with Crippen molar-refractivity contribution in [1.82, 2.24) is 0 Å². The van der Waals surface area contributed by atoms with E-state index in [2.05, 4.69) is 0 Å². The molecule has 0 fully saturated rings. The highest BCUT2D eigenvalue weighted by molar-refractivity contribution is 5.38. The monoisotopic (exact) mass is 660 g/mol. The molecule has 0 radical (unpaired) electrons. The van der Waals surface area contributed by atoms with Gasteiger partial charge in [-0.2, -0.15) is 0 Å². The minimum absolute atomic E-state index is 0.0536. The van der Waals surface area contributed by atoms with Gasteiger partial charge in [-0.25, -0.2) is 0 Å². The van der Waals surface area contributed by atoms with Gasteiger partial charge in [0.05, 0.1) is 5.56 Å². The summed E-state index contributed by atoms with van der Waals surface area (Å²) in [5, 5.41) is 11.3. The molecule has 0 aliphatic rings. The highest BCUT2D eigenvalue weighted by Crippen LogP contribution is 2.54. The number of hydrogen-bond donors (Lipinski definition) is 1. The molecule has 0 saturated carbocycles. The Kier molecular flexibility index (Phi) is 20.7. The van der Waals surface area contributed by atoms with Crippen molar-refractivity contribution in [1.29, 1.82) is 0 Å². The Morgan fingerprint density at radius 2 is 1.00 bits per heavy atom. The van der Waals surface area contributed by atoms with E-state index in [0.29, 0.717) is 57.7 Å². The quantitative estimate of drug-likeness (QED) is 0.0716. The summed E-state index contributed by atoms with van der Waals surface area (Å²) in [6.45, 7) is 21.7. The van der Waals surface area contributed by atoms with Gasteiger partial charge >= 0.3 is 0 Å². The Balaban J connectivity index is 3.98. The first-order valence-corrected chi connectivity index (χ1v) is 17.4. The van der Waals surface area contributed by atoms with Crippen LogP contribution in [0.25, 0.3) is 0 Å². The van der Waals surface area contributed by atoms with Crippen LogP contribution in [0.5, 0.6) is 5.75 Å². The number of para-hydroxylation sites is 1. The van der Waals surface area contributed by atoms with E-state index in [1.165, 1.54) is 0 Å². The van der Waals surface area contributed by atoms with Crippen LogP contribution in [0.4, 0.5) is 0 Å². The zero-order valence-electron chi connectivity index (χ0n) is 30.3. The second kappa shape index (κ2) is 22.3. The minimum Gasteiger partial charge on any atom is -0.507 e. The molecule has 0 aromatic heterocycles. The number of phenolic OH excluding ortho intramolecular Hbond substituents is 1. The van der Waals surface area contributed by atoms with Crippen LogP contribution in [0, 0.1) is 0 Å². The predicted molar refractivity (Wildman–Crippen MR) is 176 cm³/mol. The average Bonchev–Trinajstić information content (AvgIpc) is 3.02. The molecular weight excluding hydrogens is 596 g/mol. The standard InChI is InChI=1S/C35H64O11/c1-11-37-31(27-23-24-28-32(38-12-2,39-13-3)40-14-4)34(43-17-7,44-18-8)35(45-19-9,46-20-10)33(41-15-5,42-16-6)29-25-21-22-26-30(29)36/h21-22,25-26,31,36H,11-20,23-24,27-28H2,1-10H3. The van der Waals surface area contributed by atoms with Gasteiger partial charge in [-0.05, 0) is 94.2 Å². The Morgan fingerprint density at radius 3 is 1.41 bits per heavy atom. The first-order valence-electron chi connectivity index (χ1n) is 17.4. The fraction of sp³-hybridized carbons (Fsp3) is 0.829. The molecule has 0 aliphatic carbocycles. The number of phenols is 1. The molecule has 1 atom stereocenters. The molecule has 1 N–H and O–H groups in total. The van der Waals surface area contributed by atoms with Crippen molar-refractivity contribution in [3.8, 4) is 5.75 Å². The Labute approximate surface area is 278 Å². The Bertz CT molecular complexity index is 877. The molecule has 1 aromatic carbocycles. The van der Waals surface area contributed by atoms with Crippen LogP contribution in [0.2, 0.25) is 0 Å². The molecule has 270 valence electrons. The van der Waals surface area contributed by atoms with Crippen molar-refractivity contribution in [2.75, 3.05) is 66.1 Å². The number of benzene rings is 1. The minimum atomic E-state index is -1.92. The third-order valence-corrected chi connectivity index (χ3v) is 7.34. The zero-order chi connectivity index (χ0) is 34.5. The molecule has 0 spiro atoms. The lowest BCUT2D eigenvalue weighted by molar-refractivity contribution is -0.515. The average molecular weight is 661 g/mol. The first-order chi connectivity index (χ1) is 22.2. The van der Waals surface area contributed by atoms with Gasteiger partial charge in [0.1, 0.15) is 11.9 Å². The summed E-state index contributed by atoms with van der Waals surface area (Å²) >= 11 is 0. The molecule has 0 heterocycles. The highest BCUT2D eigenvalue weighted by atomic mass is 16.9. The van der Waals surface area contributed by atoms with Crippen molar-refractivity contribution in [2.45, 2.75) is 124 Å². The van der Waals surface area contributed by atoms with Crippen LogP contribution in [0.15, 0.2) is 24.3 Å². The SMILES string of the molecule is CCOC(CCCCC(OCC)(OCC)OCC)C(OCC)(OCC)C(OCC)(OCC)C(OCC)(OCC)c1ccccc1O. The van der Waals surface area contributed by atoms with Crippen LogP contribution in [0.3, 0.4) is 0 Å². The smallest absolute Gasteiger partial charge is 0.287 e. The van der Waals surface area contributed by atoms with Crippen molar-refractivity contribution < 1.29 is 52.5 Å². The van der Waals surface area contributed by atoms with E-state index in [9.17, 15) is 5.11 Å². The summed E-state index contributed by atoms with van der Waals surface area (Å²) < 4.78 is 64.5. The van der Waals surface area contributed by atoms with Gasteiger partial charge < -0.3 is 52.5 Å². The van der Waals surface area contributed by atoms with Crippen molar-refractivity contribution in [2.24, 2.45) is 0 Å². The summed E-state index contributed by atoms with van der Waals surface area (Å²) in [5.41, 5.74) is 0.314. The van der Waals surface area contributed by atoms with E-state index in [4.69, 9.17) is 47.4 Å². The number of ether oxygens (including phenoxy) is 10. The number of unbranched alkanes of at least 4 members (excludes halogenated alkanes) is 1. The van der Waals surface area contributed by atoms with Crippen molar-refractivity contribution in [3.63, 3.8) is 0 Å². The zero-order valence-corrected chi connectivity index (χ0v) is 30.3. The summed E-state index contributed by atoms with van der Waals surface area (Å²) in [6, 6.07) is 6.85. The highest BCUT2D eigenvalue weighted by Gasteiger charge is 2.74. The maximum Gasteiger partial charge on any atom is 0.287 e. The van der Waals surface area contributed by atoms with E-state index in [1.54, 1.807) is 24.3 Å². The number of rotatable bonds is 29. The molecule has 1 unspecified atom stereocenters. The Morgan fingerprint density at radius 1 is 0.543 bits per heavy atom. The van der Waals surface area contributed by atoms with Gasteiger partial charge in [0.15, 0.2) is 0 Å².